The number of hydrogen-bond donors (Lipinski definition) is 1. The summed E-state index contributed by atoms with van der Waals surface area (Å²) in [4.78, 5) is 14.4. The van der Waals surface area contributed by atoms with Gasteiger partial charge in [-0.15, -0.1) is 0 Å². The number of rotatable bonds is 4. The van der Waals surface area contributed by atoms with Crippen molar-refractivity contribution in [1.29, 1.82) is 0 Å². The molecule has 116 valence electrons. The molecule has 2 N–H and O–H groups in total. The van der Waals surface area contributed by atoms with Crippen LogP contribution in [-0.2, 0) is 11.3 Å². The second-order valence-corrected chi connectivity index (χ2v) is 6.51. The molecule has 1 aromatic rings. The summed E-state index contributed by atoms with van der Waals surface area (Å²) in [5.41, 5.74) is 7.59. The van der Waals surface area contributed by atoms with Gasteiger partial charge in [0.2, 0.25) is 5.91 Å². The van der Waals surface area contributed by atoms with Gasteiger partial charge in [-0.1, -0.05) is 33.8 Å². The van der Waals surface area contributed by atoms with E-state index in [2.05, 4.69) is 27.7 Å². The molecule has 4 nitrogen and oxygen atoms in total. The Labute approximate surface area is 127 Å². The van der Waals surface area contributed by atoms with Crippen molar-refractivity contribution in [3.63, 3.8) is 0 Å². The van der Waals surface area contributed by atoms with Gasteiger partial charge in [0, 0.05) is 13.0 Å². The first-order chi connectivity index (χ1) is 9.92. The fraction of sp³-hybridized carbons (Fsp3) is 0.588. The molecule has 1 amide bonds. The lowest BCUT2D eigenvalue weighted by atomic mass is 10.0. The van der Waals surface area contributed by atoms with Crippen LogP contribution in [0.25, 0.3) is 0 Å². The van der Waals surface area contributed by atoms with Gasteiger partial charge in [0.15, 0.2) is 0 Å². The normalized spacial score (nSPS) is 17.9. The highest BCUT2D eigenvalue weighted by Crippen LogP contribution is 2.36. The molecule has 2 rings (SSSR count). The van der Waals surface area contributed by atoms with E-state index < -0.39 is 0 Å². The number of nitrogens with two attached hydrogens (primary N) is 1. The number of nitrogens with zero attached hydrogens (tertiary/aromatic N) is 1. The number of anilines is 1. The van der Waals surface area contributed by atoms with Gasteiger partial charge in [-0.05, 0) is 29.5 Å². The van der Waals surface area contributed by atoms with Crippen LogP contribution in [0.1, 0.15) is 39.7 Å². The Balaban J connectivity index is 2.35. The number of amides is 1. The minimum absolute atomic E-state index is 0.0293. The maximum atomic E-state index is 12.5. The van der Waals surface area contributed by atoms with Gasteiger partial charge in [-0.3, -0.25) is 4.79 Å². The van der Waals surface area contributed by atoms with Gasteiger partial charge >= 0.3 is 0 Å². The van der Waals surface area contributed by atoms with Crippen molar-refractivity contribution in [2.45, 2.75) is 46.8 Å². The molecule has 1 aliphatic heterocycles. The molecular formula is C17H26N2O2. The predicted octanol–water partition coefficient (Wildman–Crippen LogP) is 2.94. The number of carbonyl (C=O) groups is 1. The van der Waals surface area contributed by atoms with Crippen LogP contribution in [0.3, 0.4) is 0 Å². The molecule has 0 aromatic heterocycles. The van der Waals surface area contributed by atoms with Crippen molar-refractivity contribution < 1.29 is 9.53 Å². The van der Waals surface area contributed by atoms with Crippen molar-refractivity contribution in [3.8, 4) is 5.75 Å². The maximum Gasteiger partial charge on any atom is 0.227 e. The van der Waals surface area contributed by atoms with E-state index in [9.17, 15) is 4.79 Å². The average molecular weight is 290 g/mol. The van der Waals surface area contributed by atoms with Crippen LogP contribution >= 0.6 is 0 Å². The van der Waals surface area contributed by atoms with Crippen LogP contribution in [0.5, 0.6) is 5.75 Å². The topological polar surface area (TPSA) is 55.6 Å². The van der Waals surface area contributed by atoms with E-state index in [-0.39, 0.29) is 12.0 Å². The zero-order valence-electron chi connectivity index (χ0n) is 13.4. The highest BCUT2D eigenvalue weighted by Gasteiger charge is 2.31. The third kappa shape index (κ3) is 3.56. The van der Waals surface area contributed by atoms with Crippen LogP contribution in [-0.4, -0.2) is 18.6 Å². The van der Waals surface area contributed by atoms with Crippen molar-refractivity contribution >= 4 is 11.6 Å². The van der Waals surface area contributed by atoms with Crippen LogP contribution < -0.4 is 15.4 Å². The standard InChI is InChI=1S/C17H26N2O2/c1-11(2)7-17(20)19-10-16(12(3)4)21-15-8-13(9-18)5-6-14(15)19/h5-6,8,11-12,16H,7,9-10,18H2,1-4H3. The zero-order chi connectivity index (χ0) is 15.6. The Hall–Kier alpha value is -1.55. The summed E-state index contributed by atoms with van der Waals surface area (Å²) in [6.07, 6.45) is 0.588. The minimum atomic E-state index is 0.0293. The van der Waals surface area contributed by atoms with Crippen LogP contribution in [0.2, 0.25) is 0 Å². The smallest absolute Gasteiger partial charge is 0.227 e. The molecule has 1 heterocycles. The second kappa shape index (κ2) is 6.48. The van der Waals surface area contributed by atoms with Gasteiger partial charge in [-0.25, -0.2) is 0 Å². The number of fused-ring (bicyclic) bond motifs is 1. The van der Waals surface area contributed by atoms with Gasteiger partial charge in [0.05, 0.1) is 12.2 Å². The molecule has 21 heavy (non-hydrogen) atoms. The van der Waals surface area contributed by atoms with Gasteiger partial charge in [0.25, 0.3) is 0 Å². The molecule has 0 fully saturated rings. The first kappa shape index (κ1) is 15.8. The molecular weight excluding hydrogens is 264 g/mol. The Kier molecular flexibility index (Phi) is 4.88. The van der Waals surface area contributed by atoms with E-state index in [1.54, 1.807) is 0 Å². The van der Waals surface area contributed by atoms with E-state index in [4.69, 9.17) is 10.5 Å². The Morgan fingerprint density at radius 3 is 2.67 bits per heavy atom. The Morgan fingerprint density at radius 2 is 2.10 bits per heavy atom. The van der Waals surface area contributed by atoms with Gasteiger partial charge in [-0.2, -0.15) is 0 Å². The molecule has 0 aliphatic carbocycles. The third-order valence-electron chi connectivity index (χ3n) is 3.82. The molecule has 0 saturated heterocycles. The van der Waals surface area contributed by atoms with E-state index in [0.717, 1.165) is 17.0 Å². The van der Waals surface area contributed by atoms with E-state index >= 15 is 0 Å². The number of hydrogen-bond acceptors (Lipinski definition) is 3. The largest absolute Gasteiger partial charge is 0.486 e. The summed E-state index contributed by atoms with van der Waals surface area (Å²) in [6.45, 7) is 9.47. The molecule has 0 spiro atoms. The van der Waals surface area contributed by atoms with Crippen LogP contribution in [0.4, 0.5) is 5.69 Å². The molecule has 1 atom stereocenters. The van der Waals surface area contributed by atoms with Crippen LogP contribution in [0, 0.1) is 11.8 Å². The summed E-state index contributed by atoms with van der Waals surface area (Å²) in [6, 6.07) is 5.87. The monoisotopic (exact) mass is 290 g/mol. The molecule has 0 saturated carbocycles. The first-order valence-electron chi connectivity index (χ1n) is 7.72. The first-order valence-corrected chi connectivity index (χ1v) is 7.72. The summed E-state index contributed by atoms with van der Waals surface area (Å²) < 4.78 is 6.07. The number of benzene rings is 1. The van der Waals surface area contributed by atoms with E-state index in [1.807, 2.05) is 23.1 Å². The second-order valence-electron chi connectivity index (χ2n) is 6.51. The average Bonchev–Trinajstić information content (AvgIpc) is 2.44. The molecule has 1 unspecified atom stereocenters. The molecule has 0 bridgehead atoms. The summed E-state index contributed by atoms with van der Waals surface area (Å²) in [5, 5.41) is 0. The lowest BCUT2D eigenvalue weighted by Gasteiger charge is -2.37. The SMILES string of the molecule is CC(C)CC(=O)N1CC(C(C)C)Oc2cc(CN)ccc21. The number of carbonyl (C=O) groups excluding carboxylic acids is 1. The zero-order valence-corrected chi connectivity index (χ0v) is 13.4. The lowest BCUT2D eigenvalue weighted by molar-refractivity contribution is -0.119. The van der Waals surface area contributed by atoms with Gasteiger partial charge in [0.1, 0.15) is 11.9 Å². The van der Waals surface area contributed by atoms with Crippen molar-refractivity contribution in [1.82, 2.24) is 0 Å². The predicted molar refractivity (Wildman–Crippen MR) is 85.4 cm³/mol. The third-order valence-corrected chi connectivity index (χ3v) is 3.82. The van der Waals surface area contributed by atoms with E-state index in [0.29, 0.717) is 31.3 Å². The highest BCUT2D eigenvalue weighted by atomic mass is 16.5. The quantitative estimate of drug-likeness (QED) is 0.927. The summed E-state index contributed by atoms with van der Waals surface area (Å²) in [5.74, 6) is 1.65. The van der Waals surface area contributed by atoms with Crippen LogP contribution in [0.15, 0.2) is 18.2 Å². The van der Waals surface area contributed by atoms with E-state index in [1.165, 1.54) is 0 Å². The van der Waals surface area contributed by atoms with Gasteiger partial charge < -0.3 is 15.4 Å². The fourth-order valence-electron chi connectivity index (χ4n) is 2.52. The Bertz CT molecular complexity index is 512. The minimum Gasteiger partial charge on any atom is -0.486 e. The summed E-state index contributed by atoms with van der Waals surface area (Å²) >= 11 is 0. The molecule has 1 aliphatic rings. The molecule has 1 aromatic carbocycles. The van der Waals surface area contributed by atoms with Crippen molar-refractivity contribution in [3.05, 3.63) is 23.8 Å². The Morgan fingerprint density at radius 1 is 1.38 bits per heavy atom. The highest BCUT2D eigenvalue weighted by molar-refractivity contribution is 5.95. The van der Waals surface area contributed by atoms with Crippen molar-refractivity contribution in [2.75, 3.05) is 11.4 Å². The number of ether oxygens (including phenoxy) is 1. The lowest BCUT2D eigenvalue weighted by Crippen LogP contribution is -2.46. The van der Waals surface area contributed by atoms with Crippen molar-refractivity contribution in [2.24, 2.45) is 17.6 Å². The maximum absolute atomic E-state index is 12.5. The fourth-order valence-corrected chi connectivity index (χ4v) is 2.52. The molecule has 0 radical (unpaired) electrons. The summed E-state index contributed by atoms with van der Waals surface area (Å²) in [7, 11) is 0. The molecule has 4 heteroatoms.